The van der Waals surface area contributed by atoms with E-state index in [2.05, 4.69) is 5.92 Å². The van der Waals surface area contributed by atoms with Gasteiger partial charge in [-0.1, -0.05) is 5.92 Å². The first-order valence-corrected chi connectivity index (χ1v) is 6.45. The zero-order valence-corrected chi connectivity index (χ0v) is 9.75. The Bertz CT molecular complexity index is 356. The molecule has 6 heteroatoms. The molecule has 0 aromatic rings. The number of nitrogens with zero attached hydrogens (tertiary/aromatic N) is 1. The predicted octanol–water partition coefficient (Wildman–Crippen LogP) is -1.16. The standard InChI is InChI=1S/C9H16N2O3S/c1-4-6-11(2)9(12)8(10)5-7-15(3,13)14/h1,8H,5-7,10H2,2-3H3. The van der Waals surface area contributed by atoms with E-state index in [1.165, 1.54) is 11.9 Å². The highest BCUT2D eigenvalue weighted by Crippen LogP contribution is 1.97. The predicted molar refractivity (Wildman–Crippen MR) is 58.8 cm³/mol. The number of sulfone groups is 1. The smallest absolute Gasteiger partial charge is 0.240 e. The molecule has 0 aliphatic rings. The SMILES string of the molecule is C#CCN(C)C(=O)C(N)CCS(C)(=O)=O. The van der Waals surface area contributed by atoms with Crippen LogP contribution in [0.2, 0.25) is 0 Å². The molecular formula is C9H16N2O3S. The summed E-state index contributed by atoms with van der Waals surface area (Å²) in [5.41, 5.74) is 5.53. The quantitative estimate of drug-likeness (QED) is 0.606. The molecule has 1 amide bonds. The van der Waals surface area contributed by atoms with Crippen molar-refractivity contribution >= 4 is 15.7 Å². The van der Waals surface area contributed by atoms with E-state index in [1.807, 2.05) is 0 Å². The molecule has 0 saturated heterocycles. The van der Waals surface area contributed by atoms with Gasteiger partial charge in [0, 0.05) is 13.3 Å². The van der Waals surface area contributed by atoms with E-state index < -0.39 is 15.9 Å². The summed E-state index contributed by atoms with van der Waals surface area (Å²) in [6, 6.07) is -0.807. The molecule has 0 bridgehead atoms. The first-order valence-electron chi connectivity index (χ1n) is 4.39. The summed E-state index contributed by atoms with van der Waals surface area (Å²) in [5.74, 6) is 1.88. The van der Waals surface area contributed by atoms with E-state index in [9.17, 15) is 13.2 Å². The number of amides is 1. The van der Waals surface area contributed by atoms with Gasteiger partial charge in [0.15, 0.2) is 0 Å². The number of carbonyl (C=O) groups is 1. The Balaban J connectivity index is 4.17. The lowest BCUT2D eigenvalue weighted by Crippen LogP contribution is -2.42. The van der Waals surface area contributed by atoms with Gasteiger partial charge >= 0.3 is 0 Å². The van der Waals surface area contributed by atoms with E-state index >= 15 is 0 Å². The van der Waals surface area contributed by atoms with Crippen LogP contribution in [-0.2, 0) is 14.6 Å². The van der Waals surface area contributed by atoms with Crippen molar-refractivity contribution in [1.29, 1.82) is 0 Å². The van der Waals surface area contributed by atoms with Crippen LogP contribution < -0.4 is 5.73 Å². The van der Waals surface area contributed by atoms with Crippen LogP contribution in [0.4, 0.5) is 0 Å². The fraction of sp³-hybridized carbons (Fsp3) is 0.667. The van der Waals surface area contributed by atoms with Crippen molar-refractivity contribution in [3.63, 3.8) is 0 Å². The van der Waals surface area contributed by atoms with Gasteiger partial charge in [0.1, 0.15) is 9.84 Å². The van der Waals surface area contributed by atoms with Gasteiger partial charge in [0.25, 0.3) is 0 Å². The van der Waals surface area contributed by atoms with E-state index in [0.29, 0.717) is 0 Å². The third kappa shape index (κ3) is 6.10. The van der Waals surface area contributed by atoms with Crippen molar-refractivity contribution in [2.24, 2.45) is 5.73 Å². The Hall–Kier alpha value is -1.06. The Labute approximate surface area is 90.5 Å². The summed E-state index contributed by atoms with van der Waals surface area (Å²) < 4.78 is 21.7. The van der Waals surface area contributed by atoms with Crippen LogP contribution in [0.5, 0.6) is 0 Å². The van der Waals surface area contributed by atoms with E-state index in [1.54, 1.807) is 0 Å². The third-order valence-corrected chi connectivity index (χ3v) is 2.80. The highest BCUT2D eigenvalue weighted by Gasteiger charge is 2.18. The second kappa shape index (κ2) is 5.73. The Kier molecular flexibility index (Phi) is 5.33. The highest BCUT2D eigenvalue weighted by molar-refractivity contribution is 7.90. The fourth-order valence-electron chi connectivity index (χ4n) is 0.962. The van der Waals surface area contributed by atoms with E-state index in [-0.39, 0.29) is 24.6 Å². The van der Waals surface area contributed by atoms with Crippen LogP contribution >= 0.6 is 0 Å². The van der Waals surface area contributed by atoms with Gasteiger partial charge in [-0.25, -0.2) is 8.42 Å². The Morgan fingerprint density at radius 2 is 2.13 bits per heavy atom. The van der Waals surface area contributed by atoms with Gasteiger partial charge in [-0.15, -0.1) is 6.42 Å². The monoisotopic (exact) mass is 232 g/mol. The van der Waals surface area contributed by atoms with Crippen LogP contribution in [0.1, 0.15) is 6.42 Å². The lowest BCUT2D eigenvalue weighted by Gasteiger charge is -2.18. The number of terminal acetylenes is 1. The zero-order chi connectivity index (χ0) is 12.1. The molecule has 0 spiro atoms. The van der Waals surface area contributed by atoms with Gasteiger partial charge in [0.2, 0.25) is 5.91 Å². The van der Waals surface area contributed by atoms with E-state index in [0.717, 1.165) is 6.26 Å². The van der Waals surface area contributed by atoms with Crippen molar-refractivity contribution in [3.05, 3.63) is 0 Å². The normalized spacial score (nSPS) is 12.9. The summed E-state index contributed by atoms with van der Waals surface area (Å²) >= 11 is 0. The molecule has 0 aliphatic carbocycles. The molecule has 0 aromatic carbocycles. The summed E-state index contributed by atoms with van der Waals surface area (Å²) in [6.45, 7) is 0.172. The average Bonchev–Trinajstić information content (AvgIpc) is 2.12. The first kappa shape index (κ1) is 13.9. The molecule has 0 heterocycles. The molecule has 0 saturated carbocycles. The van der Waals surface area contributed by atoms with E-state index in [4.69, 9.17) is 12.2 Å². The summed E-state index contributed by atoms with van der Waals surface area (Å²) in [6.07, 6.45) is 6.25. The van der Waals surface area contributed by atoms with Crippen LogP contribution in [-0.4, -0.2) is 50.9 Å². The van der Waals surface area contributed by atoms with Gasteiger partial charge in [0.05, 0.1) is 18.3 Å². The maximum absolute atomic E-state index is 11.5. The maximum Gasteiger partial charge on any atom is 0.240 e. The van der Waals surface area contributed by atoms with Gasteiger partial charge in [-0.05, 0) is 6.42 Å². The minimum Gasteiger partial charge on any atom is -0.333 e. The molecule has 1 atom stereocenters. The van der Waals surface area contributed by atoms with Crippen molar-refractivity contribution in [1.82, 2.24) is 4.90 Å². The minimum absolute atomic E-state index is 0.0935. The van der Waals surface area contributed by atoms with Crippen LogP contribution in [0, 0.1) is 12.3 Å². The fourth-order valence-corrected chi connectivity index (χ4v) is 1.64. The molecule has 1 unspecified atom stereocenters. The van der Waals surface area contributed by atoms with Crippen molar-refractivity contribution in [2.45, 2.75) is 12.5 Å². The highest BCUT2D eigenvalue weighted by atomic mass is 32.2. The number of likely N-dealkylation sites (N-methyl/N-ethyl adjacent to an activating group) is 1. The molecule has 5 nitrogen and oxygen atoms in total. The molecule has 0 aromatic heterocycles. The van der Waals surface area contributed by atoms with Crippen LogP contribution in [0.3, 0.4) is 0 Å². The molecule has 0 rings (SSSR count). The molecular weight excluding hydrogens is 216 g/mol. The number of hydrogen-bond donors (Lipinski definition) is 1. The summed E-state index contributed by atoms with van der Waals surface area (Å²) in [7, 11) is -1.55. The van der Waals surface area contributed by atoms with Crippen LogP contribution in [0.15, 0.2) is 0 Å². The van der Waals surface area contributed by atoms with Gasteiger partial charge < -0.3 is 10.6 Å². The molecule has 2 N–H and O–H groups in total. The second-order valence-electron chi connectivity index (χ2n) is 3.42. The number of hydrogen-bond acceptors (Lipinski definition) is 4. The molecule has 86 valence electrons. The topological polar surface area (TPSA) is 80.5 Å². The minimum atomic E-state index is -3.08. The first-order chi connectivity index (χ1) is 6.78. The summed E-state index contributed by atoms with van der Waals surface area (Å²) in [5, 5.41) is 0. The Morgan fingerprint density at radius 1 is 1.60 bits per heavy atom. The van der Waals surface area contributed by atoms with Crippen molar-refractivity contribution < 1.29 is 13.2 Å². The molecule has 15 heavy (non-hydrogen) atoms. The molecule has 0 radical (unpaired) electrons. The maximum atomic E-state index is 11.5. The molecule has 0 aliphatic heterocycles. The van der Waals surface area contributed by atoms with Gasteiger partial charge in [-0.3, -0.25) is 4.79 Å². The lowest BCUT2D eigenvalue weighted by molar-refractivity contribution is -0.130. The number of nitrogens with two attached hydrogens (primary N) is 1. The second-order valence-corrected chi connectivity index (χ2v) is 5.68. The third-order valence-electron chi connectivity index (χ3n) is 1.82. The largest absolute Gasteiger partial charge is 0.333 e. The van der Waals surface area contributed by atoms with Crippen LogP contribution in [0.25, 0.3) is 0 Å². The number of carbonyl (C=O) groups excluding carboxylic acids is 1. The van der Waals surface area contributed by atoms with Gasteiger partial charge in [-0.2, -0.15) is 0 Å². The average molecular weight is 232 g/mol. The zero-order valence-electron chi connectivity index (χ0n) is 8.93. The molecule has 0 fully saturated rings. The number of rotatable bonds is 5. The summed E-state index contributed by atoms with van der Waals surface area (Å²) in [4.78, 5) is 12.8. The van der Waals surface area contributed by atoms with Crippen molar-refractivity contribution in [3.8, 4) is 12.3 Å². The van der Waals surface area contributed by atoms with Crippen molar-refractivity contribution in [2.75, 3.05) is 25.6 Å². The Morgan fingerprint density at radius 3 is 2.53 bits per heavy atom. The lowest BCUT2D eigenvalue weighted by atomic mass is 10.2.